The highest BCUT2D eigenvalue weighted by Gasteiger charge is 2.13. The third-order valence-corrected chi connectivity index (χ3v) is 1.63. The Morgan fingerprint density at radius 2 is 1.56 bits per heavy atom. The Labute approximate surface area is 99.2 Å². The van der Waals surface area contributed by atoms with Gasteiger partial charge >= 0.3 is 0 Å². The molecule has 1 aromatic carbocycles. The van der Waals surface area contributed by atoms with E-state index < -0.39 is 6.04 Å². The lowest BCUT2D eigenvalue weighted by Gasteiger charge is -2.05. The highest BCUT2D eigenvalue weighted by molar-refractivity contribution is 6.05. The van der Waals surface area contributed by atoms with E-state index in [1.165, 1.54) is 0 Å². The Kier molecular flexibility index (Phi) is 5.72. The van der Waals surface area contributed by atoms with E-state index in [-0.39, 0.29) is 24.1 Å². The van der Waals surface area contributed by atoms with Crippen LogP contribution >= 0.6 is 0 Å². The number of hydrogen-bond donors (Lipinski definition) is 4. The van der Waals surface area contributed by atoms with Crippen molar-refractivity contribution in [2.45, 2.75) is 6.04 Å². The van der Waals surface area contributed by atoms with Crippen molar-refractivity contribution < 1.29 is 12.4 Å². The molecule has 0 bridgehead atoms. The summed E-state index contributed by atoms with van der Waals surface area (Å²) in [5, 5.41) is 21.9. The SMILES string of the molecule is N=C(N)C(N=Nc1ccccc1)C(=N)N.[Cl-]. The van der Waals surface area contributed by atoms with Crippen LogP contribution < -0.4 is 23.9 Å². The molecule has 16 heavy (non-hydrogen) atoms. The van der Waals surface area contributed by atoms with E-state index in [1.54, 1.807) is 12.1 Å². The van der Waals surface area contributed by atoms with Crippen LogP contribution in [-0.4, -0.2) is 17.7 Å². The summed E-state index contributed by atoms with van der Waals surface area (Å²) in [6.45, 7) is 0. The Hall–Kier alpha value is -1.95. The number of rotatable bonds is 4. The minimum Gasteiger partial charge on any atom is -1.00 e. The van der Waals surface area contributed by atoms with Gasteiger partial charge in [-0.1, -0.05) is 18.2 Å². The molecule has 0 aromatic heterocycles. The van der Waals surface area contributed by atoms with Crippen LogP contribution in [0.25, 0.3) is 0 Å². The van der Waals surface area contributed by atoms with Gasteiger partial charge in [0.2, 0.25) is 0 Å². The summed E-state index contributed by atoms with van der Waals surface area (Å²) in [7, 11) is 0. The third-order valence-electron chi connectivity index (χ3n) is 1.63. The second-order valence-electron chi connectivity index (χ2n) is 2.86. The molecule has 7 heteroatoms. The van der Waals surface area contributed by atoms with E-state index in [9.17, 15) is 0 Å². The molecule has 1 rings (SSSR count). The molecule has 0 unspecified atom stereocenters. The van der Waals surface area contributed by atoms with Crippen LogP contribution in [0.3, 0.4) is 0 Å². The van der Waals surface area contributed by atoms with Crippen LogP contribution in [0, 0.1) is 10.8 Å². The van der Waals surface area contributed by atoms with Gasteiger partial charge in [0, 0.05) is 0 Å². The first-order chi connectivity index (χ1) is 7.11. The molecular weight excluding hydrogens is 228 g/mol. The standard InChI is InChI=1S/C9H12N6.ClH/c10-8(11)7(9(12)13)15-14-6-4-2-1-3-5-6;/h1-5,7H,(H3,10,11)(H3,12,13);1H/p-1. The van der Waals surface area contributed by atoms with Crippen molar-refractivity contribution in [2.24, 2.45) is 21.7 Å². The van der Waals surface area contributed by atoms with Crippen molar-refractivity contribution >= 4 is 17.4 Å². The molecule has 0 aliphatic rings. The zero-order chi connectivity index (χ0) is 11.3. The minimum absolute atomic E-state index is 0. The topological polar surface area (TPSA) is 124 Å². The van der Waals surface area contributed by atoms with Crippen LogP contribution in [0.5, 0.6) is 0 Å². The lowest BCUT2D eigenvalue weighted by Crippen LogP contribution is -3.00. The van der Waals surface area contributed by atoms with Gasteiger partial charge in [-0.2, -0.15) is 10.2 Å². The second-order valence-corrected chi connectivity index (χ2v) is 2.86. The maximum Gasteiger partial charge on any atom is 0.184 e. The molecule has 0 amide bonds. The van der Waals surface area contributed by atoms with Gasteiger partial charge in [-0.15, -0.1) is 0 Å². The number of hydrogen-bond acceptors (Lipinski definition) is 4. The van der Waals surface area contributed by atoms with Crippen molar-refractivity contribution in [3.05, 3.63) is 30.3 Å². The summed E-state index contributed by atoms with van der Waals surface area (Å²) in [5.41, 5.74) is 11.1. The molecule has 0 heterocycles. The van der Waals surface area contributed by atoms with Crippen LogP contribution in [0.15, 0.2) is 40.6 Å². The molecule has 6 nitrogen and oxygen atoms in total. The summed E-state index contributed by atoms with van der Waals surface area (Å²) < 4.78 is 0. The molecule has 1 aromatic rings. The van der Waals surface area contributed by atoms with Gasteiger partial charge in [0.25, 0.3) is 0 Å². The fourth-order valence-electron chi connectivity index (χ4n) is 0.911. The van der Waals surface area contributed by atoms with E-state index in [2.05, 4.69) is 10.2 Å². The van der Waals surface area contributed by atoms with Crippen molar-refractivity contribution in [2.75, 3.05) is 0 Å². The number of halogens is 1. The van der Waals surface area contributed by atoms with Gasteiger partial charge in [0.05, 0.1) is 5.69 Å². The average molecular weight is 240 g/mol. The normalized spacial score (nSPS) is 11.8. The number of amidine groups is 2. The Bertz CT molecular complexity index is 374. The van der Waals surface area contributed by atoms with E-state index in [0.717, 1.165) is 0 Å². The Morgan fingerprint density at radius 3 is 2.00 bits per heavy atom. The first-order valence-corrected chi connectivity index (χ1v) is 4.25. The molecule has 0 saturated heterocycles. The highest BCUT2D eigenvalue weighted by Crippen LogP contribution is 2.10. The first kappa shape index (κ1) is 14.1. The molecule has 6 N–H and O–H groups in total. The van der Waals surface area contributed by atoms with Gasteiger partial charge in [-0.3, -0.25) is 10.8 Å². The predicted molar refractivity (Wildman–Crippen MR) is 58.6 cm³/mol. The second kappa shape index (κ2) is 6.52. The zero-order valence-corrected chi connectivity index (χ0v) is 9.15. The van der Waals surface area contributed by atoms with Crippen molar-refractivity contribution in [1.29, 1.82) is 10.8 Å². The lowest BCUT2D eigenvalue weighted by atomic mass is 10.3. The van der Waals surface area contributed by atoms with Gasteiger partial charge in [0.15, 0.2) is 6.04 Å². The predicted octanol–water partition coefficient (Wildman–Crippen LogP) is -1.99. The van der Waals surface area contributed by atoms with Gasteiger partial charge < -0.3 is 23.9 Å². The molecule has 0 radical (unpaired) electrons. The molecule has 0 saturated carbocycles. The number of nitrogens with one attached hydrogen (secondary N) is 2. The Morgan fingerprint density at radius 1 is 1.06 bits per heavy atom. The summed E-state index contributed by atoms with van der Waals surface area (Å²) >= 11 is 0. The van der Waals surface area contributed by atoms with Crippen molar-refractivity contribution in [3.63, 3.8) is 0 Å². The highest BCUT2D eigenvalue weighted by atomic mass is 35.5. The Balaban J connectivity index is 0.00000225. The molecule has 0 spiro atoms. The summed E-state index contributed by atoms with van der Waals surface area (Å²) in [4.78, 5) is 0. The van der Waals surface area contributed by atoms with Gasteiger partial charge in [0.1, 0.15) is 11.7 Å². The van der Waals surface area contributed by atoms with Crippen LogP contribution in [0.1, 0.15) is 0 Å². The van der Waals surface area contributed by atoms with Crippen LogP contribution in [-0.2, 0) is 0 Å². The summed E-state index contributed by atoms with van der Waals surface area (Å²) in [6.07, 6.45) is 0. The van der Waals surface area contributed by atoms with E-state index in [1.807, 2.05) is 18.2 Å². The zero-order valence-electron chi connectivity index (χ0n) is 8.39. The number of azo groups is 1. The molecule has 0 aliphatic heterocycles. The van der Waals surface area contributed by atoms with Crippen molar-refractivity contribution in [3.8, 4) is 0 Å². The third kappa shape index (κ3) is 4.05. The fraction of sp³-hybridized carbons (Fsp3) is 0.111. The average Bonchev–Trinajstić information content (AvgIpc) is 2.18. The van der Waals surface area contributed by atoms with E-state index in [0.29, 0.717) is 5.69 Å². The smallest absolute Gasteiger partial charge is 0.184 e. The number of benzene rings is 1. The summed E-state index contributed by atoms with van der Waals surface area (Å²) in [6, 6.07) is 8.01. The van der Waals surface area contributed by atoms with Gasteiger partial charge in [-0.05, 0) is 12.1 Å². The van der Waals surface area contributed by atoms with Crippen LogP contribution in [0.4, 0.5) is 5.69 Å². The van der Waals surface area contributed by atoms with E-state index in [4.69, 9.17) is 22.3 Å². The maximum atomic E-state index is 7.15. The molecule has 86 valence electrons. The van der Waals surface area contributed by atoms with Gasteiger partial charge in [-0.25, -0.2) is 0 Å². The fourth-order valence-corrected chi connectivity index (χ4v) is 0.911. The quantitative estimate of drug-likeness (QED) is 0.276. The van der Waals surface area contributed by atoms with Crippen molar-refractivity contribution in [1.82, 2.24) is 0 Å². The number of nitrogens with two attached hydrogens (primary N) is 2. The summed E-state index contributed by atoms with van der Waals surface area (Å²) in [5.74, 6) is -0.579. The maximum absolute atomic E-state index is 7.15. The first-order valence-electron chi connectivity index (χ1n) is 4.25. The largest absolute Gasteiger partial charge is 1.00 e. The number of nitrogens with zero attached hydrogens (tertiary/aromatic N) is 2. The van der Waals surface area contributed by atoms with E-state index >= 15 is 0 Å². The minimum atomic E-state index is -0.967. The molecule has 0 aliphatic carbocycles. The van der Waals surface area contributed by atoms with Crippen LogP contribution in [0.2, 0.25) is 0 Å². The monoisotopic (exact) mass is 239 g/mol. The molecule has 0 fully saturated rings. The molecule has 0 atom stereocenters. The lowest BCUT2D eigenvalue weighted by molar-refractivity contribution is -0.00000396. The molecular formula is C9H12ClN6-.